The number of benzene rings is 1. The fraction of sp³-hybridized carbons (Fsp3) is 0.188. The van der Waals surface area contributed by atoms with Crippen molar-refractivity contribution >= 4 is 46.0 Å². The zero-order valence-corrected chi connectivity index (χ0v) is 15.5. The molecule has 1 aromatic carbocycles. The number of ether oxygens (including phenoxy) is 2. The van der Waals surface area contributed by atoms with Crippen LogP contribution in [0.5, 0.6) is 11.5 Å². The molecule has 7 nitrogen and oxygen atoms in total. The second-order valence-electron chi connectivity index (χ2n) is 4.80. The Balaban J connectivity index is 2.00. The third kappa shape index (κ3) is 4.91. The highest BCUT2D eigenvalue weighted by molar-refractivity contribution is 7.80. The average molecular weight is 379 g/mol. The molecule has 1 heterocycles. The van der Waals surface area contributed by atoms with E-state index in [-0.39, 0.29) is 4.88 Å². The Hall–Kier alpha value is -2.65. The number of nitrogens with zero attached hydrogens (tertiary/aromatic N) is 1. The van der Waals surface area contributed by atoms with Gasteiger partial charge in [-0.2, -0.15) is 5.10 Å². The molecule has 0 saturated heterocycles. The standard InChI is InChI=1S/C16H17N3O4S2/c1-9(13-6-7-14(25-13)15(20)21)18-19-16(24)17-10-4-5-11(22-2)12(8-10)23-3/h4-8H,1-3H3,(H,20,21)(H2,17,19,24)/b18-9-. The van der Waals surface area contributed by atoms with Crippen LogP contribution in [0.25, 0.3) is 0 Å². The molecule has 25 heavy (non-hydrogen) atoms. The summed E-state index contributed by atoms with van der Waals surface area (Å²) in [6.07, 6.45) is 0. The molecule has 0 radical (unpaired) electrons. The third-order valence-corrected chi connectivity index (χ3v) is 4.52. The summed E-state index contributed by atoms with van der Waals surface area (Å²) in [4.78, 5) is 11.9. The number of aromatic carboxylic acids is 1. The SMILES string of the molecule is COc1ccc(NC(=S)N/N=C(/C)c2ccc(C(=O)O)s2)cc1OC. The van der Waals surface area contributed by atoms with Crippen LogP contribution in [0.3, 0.4) is 0 Å². The van der Waals surface area contributed by atoms with Gasteiger partial charge in [0.05, 0.1) is 24.8 Å². The molecule has 0 aliphatic rings. The summed E-state index contributed by atoms with van der Waals surface area (Å²) in [7, 11) is 3.12. The van der Waals surface area contributed by atoms with Crippen molar-refractivity contribution in [2.45, 2.75) is 6.92 Å². The first-order valence-electron chi connectivity index (χ1n) is 7.11. The summed E-state index contributed by atoms with van der Waals surface area (Å²) in [5.74, 6) is 0.241. The van der Waals surface area contributed by atoms with Crippen LogP contribution in [0.2, 0.25) is 0 Å². The predicted octanol–water partition coefficient (Wildman–Crippen LogP) is 3.17. The van der Waals surface area contributed by atoms with Gasteiger partial charge in [-0.3, -0.25) is 5.43 Å². The van der Waals surface area contributed by atoms with Gasteiger partial charge in [0.2, 0.25) is 0 Å². The molecule has 2 rings (SSSR count). The van der Waals surface area contributed by atoms with Gasteiger partial charge < -0.3 is 19.9 Å². The second-order valence-corrected chi connectivity index (χ2v) is 6.29. The normalized spacial score (nSPS) is 10.9. The highest BCUT2D eigenvalue weighted by Crippen LogP contribution is 2.29. The lowest BCUT2D eigenvalue weighted by molar-refractivity contribution is 0.0702. The number of carboxylic acid groups (broad SMARTS) is 1. The minimum atomic E-state index is -0.956. The number of hydrogen-bond donors (Lipinski definition) is 3. The van der Waals surface area contributed by atoms with Gasteiger partial charge in [-0.25, -0.2) is 4.79 Å². The largest absolute Gasteiger partial charge is 0.493 e. The molecule has 0 amide bonds. The number of anilines is 1. The molecule has 3 N–H and O–H groups in total. The number of thiocarbonyl (C=S) groups is 1. The fourth-order valence-electron chi connectivity index (χ4n) is 1.91. The van der Waals surface area contributed by atoms with Gasteiger partial charge in [-0.05, 0) is 43.4 Å². The van der Waals surface area contributed by atoms with Crippen molar-refractivity contribution < 1.29 is 19.4 Å². The van der Waals surface area contributed by atoms with E-state index in [1.807, 2.05) is 0 Å². The number of rotatable bonds is 6. The van der Waals surface area contributed by atoms with E-state index in [0.717, 1.165) is 16.2 Å². The summed E-state index contributed by atoms with van der Waals surface area (Å²) in [5, 5.41) is 16.4. The van der Waals surface area contributed by atoms with Gasteiger partial charge in [-0.15, -0.1) is 11.3 Å². The van der Waals surface area contributed by atoms with Crippen LogP contribution in [0.4, 0.5) is 5.69 Å². The van der Waals surface area contributed by atoms with E-state index in [0.29, 0.717) is 28.0 Å². The smallest absolute Gasteiger partial charge is 0.345 e. The average Bonchev–Trinajstić information content (AvgIpc) is 3.10. The number of hydrazone groups is 1. The summed E-state index contributed by atoms with van der Waals surface area (Å²) in [6.45, 7) is 1.77. The lowest BCUT2D eigenvalue weighted by Crippen LogP contribution is -2.24. The maximum absolute atomic E-state index is 10.9. The molecule has 1 aromatic heterocycles. The van der Waals surface area contributed by atoms with Crippen LogP contribution < -0.4 is 20.2 Å². The molecule has 0 saturated carbocycles. The molecule has 0 atom stereocenters. The molecule has 2 aromatic rings. The van der Waals surface area contributed by atoms with Crippen molar-refractivity contribution in [3.8, 4) is 11.5 Å². The van der Waals surface area contributed by atoms with E-state index in [1.165, 1.54) is 0 Å². The number of nitrogens with one attached hydrogen (secondary N) is 2. The van der Waals surface area contributed by atoms with Crippen molar-refractivity contribution in [1.29, 1.82) is 0 Å². The Morgan fingerprint density at radius 3 is 2.44 bits per heavy atom. The molecule has 0 bridgehead atoms. The highest BCUT2D eigenvalue weighted by atomic mass is 32.1. The molecule has 0 spiro atoms. The van der Waals surface area contributed by atoms with Crippen LogP contribution in [0, 0.1) is 0 Å². The topological polar surface area (TPSA) is 92.2 Å². The lowest BCUT2D eigenvalue weighted by atomic mass is 10.3. The van der Waals surface area contributed by atoms with Crippen LogP contribution >= 0.6 is 23.6 Å². The van der Waals surface area contributed by atoms with Gasteiger partial charge in [0.15, 0.2) is 16.6 Å². The molecule has 0 unspecified atom stereocenters. The maximum atomic E-state index is 10.9. The Labute approximate surface area is 154 Å². The van der Waals surface area contributed by atoms with Crippen molar-refractivity contribution in [3.05, 3.63) is 40.1 Å². The minimum absolute atomic E-state index is 0.260. The van der Waals surface area contributed by atoms with Crippen LogP contribution in [0.15, 0.2) is 35.4 Å². The van der Waals surface area contributed by atoms with E-state index in [9.17, 15) is 4.79 Å². The van der Waals surface area contributed by atoms with Crippen molar-refractivity contribution in [2.24, 2.45) is 5.10 Å². The molecule has 9 heteroatoms. The first kappa shape index (κ1) is 18.7. The van der Waals surface area contributed by atoms with Crippen LogP contribution in [-0.4, -0.2) is 36.1 Å². The lowest BCUT2D eigenvalue weighted by Gasteiger charge is -2.11. The summed E-state index contributed by atoms with van der Waals surface area (Å²) in [5.41, 5.74) is 4.08. The maximum Gasteiger partial charge on any atom is 0.345 e. The monoisotopic (exact) mass is 379 g/mol. The third-order valence-electron chi connectivity index (χ3n) is 3.14. The quantitative estimate of drug-likeness (QED) is 0.403. The summed E-state index contributed by atoms with van der Waals surface area (Å²) >= 11 is 6.35. The number of carbonyl (C=O) groups is 1. The Morgan fingerprint density at radius 1 is 1.16 bits per heavy atom. The highest BCUT2D eigenvalue weighted by Gasteiger charge is 2.09. The fourth-order valence-corrected chi connectivity index (χ4v) is 2.86. The summed E-state index contributed by atoms with van der Waals surface area (Å²) in [6, 6.07) is 8.56. The number of carboxylic acids is 1. The van der Waals surface area contributed by atoms with Crippen LogP contribution in [0.1, 0.15) is 21.5 Å². The number of methoxy groups -OCH3 is 2. The zero-order valence-electron chi connectivity index (χ0n) is 13.8. The molecule has 0 aliphatic carbocycles. The Bertz CT molecular complexity index is 817. The van der Waals surface area contributed by atoms with Crippen molar-refractivity contribution in [2.75, 3.05) is 19.5 Å². The molecule has 0 fully saturated rings. The van der Waals surface area contributed by atoms with Gasteiger partial charge in [0, 0.05) is 11.8 Å². The van der Waals surface area contributed by atoms with Crippen molar-refractivity contribution in [1.82, 2.24) is 5.43 Å². The van der Waals surface area contributed by atoms with Gasteiger partial charge in [-0.1, -0.05) is 0 Å². The van der Waals surface area contributed by atoms with E-state index in [1.54, 1.807) is 51.5 Å². The second kappa shape index (κ2) is 8.45. The van der Waals surface area contributed by atoms with Gasteiger partial charge in [0.1, 0.15) is 4.88 Å². The van der Waals surface area contributed by atoms with Crippen LogP contribution in [-0.2, 0) is 0 Å². The minimum Gasteiger partial charge on any atom is -0.493 e. The van der Waals surface area contributed by atoms with E-state index >= 15 is 0 Å². The van der Waals surface area contributed by atoms with Crippen molar-refractivity contribution in [3.63, 3.8) is 0 Å². The Morgan fingerprint density at radius 2 is 1.84 bits per heavy atom. The molecule has 0 aliphatic heterocycles. The Kier molecular flexibility index (Phi) is 6.31. The van der Waals surface area contributed by atoms with E-state index < -0.39 is 5.97 Å². The first-order valence-corrected chi connectivity index (χ1v) is 8.34. The number of thiophene rings is 1. The van der Waals surface area contributed by atoms with E-state index in [4.69, 9.17) is 26.8 Å². The molecule has 132 valence electrons. The van der Waals surface area contributed by atoms with Gasteiger partial charge >= 0.3 is 5.97 Å². The molecular formula is C16H17N3O4S2. The summed E-state index contributed by atoms with van der Waals surface area (Å²) < 4.78 is 10.4. The first-order chi connectivity index (χ1) is 11.9. The predicted molar refractivity (Wildman–Crippen MR) is 102 cm³/mol. The molecular weight excluding hydrogens is 362 g/mol. The number of hydrogen-bond acceptors (Lipinski definition) is 6. The van der Waals surface area contributed by atoms with Gasteiger partial charge in [0.25, 0.3) is 0 Å². The van der Waals surface area contributed by atoms with E-state index in [2.05, 4.69) is 15.8 Å². The zero-order chi connectivity index (χ0) is 18.4.